The van der Waals surface area contributed by atoms with Crippen molar-refractivity contribution in [1.82, 2.24) is 9.80 Å². The van der Waals surface area contributed by atoms with E-state index in [0.717, 1.165) is 37.6 Å². The maximum Gasteiger partial charge on any atom is 0.222 e. The van der Waals surface area contributed by atoms with Gasteiger partial charge in [-0.3, -0.25) is 9.69 Å². The summed E-state index contributed by atoms with van der Waals surface area (Å²) in [5.41, 5.74) is 1.22. The molecule has 2 rings (SSSR count). The van der Waals surface area contributed by atoms with E-state index in [-0.39, 0.29) is 12.5 Å². The highest BCUT2D eigenvalue weighted by molar-refractivity contribution is 6.30. The third-order valence-corrected chi connectivity index (χ3v) is 4.41. The highest BCUT2D eigenvalue weighted by atomic mass is 35.5. The van der Waals surface area contributed by atoms with E-state index < -0.39 is 0 Å². The summed E-state index contributed by atoms with van der Waals surface area (Å²) in [6, 6.07) is 7.84. The Labute approximate surface area is 137 Å². The number of halogens is 1. The van der Waals surface area contributed by atoms with Crippen molar-refractivity contribution in [1.29, 1.82) is 0 Å². The van der Waals surface area contributed by atoms with E-state index in [4.69, 9.17) is 16.7 Å². The van der Waals surface area contributed by atoms with Crippen LogP contribution in [0, 0.1) is 5.92 Å². The molecule has 1 saturated heterocycles. The Kier molecular flexibility index (Phi) is 6.68. The fourth-order valence-electron chi connectivity index (χ4n) is 2.88. The van der Waals surface area contributed by atoms with Crippen LogP contribution in [0.2, 0.25) is 5.02 Å². The molecular weight excluding hydrogens is 300 g/mol. The van der Waals surface area contributed by atoms with E-state index in [1.165, 1.54) is 5.56 Å². The molecule has 0 bridgehead atoms. The smallest absolute Gasteiger partial charge is 0.222 e. The summed E-state index contributed by atoms with van der Waals surface area (Å²) in [6.07, 6.45) is 1.48. The van der Waals surface area contributed by atoms with Gasteiger partial charge in [-0.25, -0.2) is 0 Å². The van der Waals surface area contributed by atoms with Crippen molar-refractivity contribution < 1.29 is 9.90 Å². The van der Waals surface area contributed by atoms with Crippen LogP contribution in [0.15, 0.2) is 24.3 Å². The molecule has 1 aromatic rings. The van der Waals surface area contributed by atoms with Crippen molar-refractivity contribution in [3.05, 3.63) is 34.9 Å². The number of amides is 1. The molecule has 0 spiro atoms. The van der Waals surface area contributed by atoms with Gasteiger partial charge < -0.3 is 10.0 Å². The lowest BCUT2D eigenvalue weighted by molar-refractivity contribution is -0.133. The largest absolute Gasteiger partial charge is 0.395 e. The second kappa shape index (κ2) is 8.51. The second-order valence-electron chi connectivity index (χ2n) is 6.09. The van der Waals surface area contributed by atoms with Crippen LogP contribution in [-0.2, 0) is 11.2 Å². The number of benzene rings is 1. The first-order valence-corrected chi connectivity index (χ1v) is 8.31. The van der Waals surface area contributed by atoms with Gasteiger partial charge in [-0.05, 0) is 30.0 Å². The predicted molar refractivity (Wildman–Crippen MR) is 89.0 cm³/mol. The molecule has 0 aromatic heterocycles. The molecule has 4 nitrogen and oxygen atoms in total. The summed E-state index contributed by atoms with van der Waals surface area (Å²) >= 11 is 5.89. The summed E-state index contributed by atoms with van der Waals surface area (Å²) in [6.45, 7) is 6.27. The molecule has 1 unspecified atom stereocenters. The summed E-state index contributed by atoms with van der Waals surface area (Å²) in [4.78, 5) is 16.5. The molecule has 1 heterocycles. The normalized spacial score (nSPS) is 17.5. The number of aliphatic hydroxyl groups is 1. The van der Waals surface area contributed by atoms with Gasteiger partial charge in [0.15, 0.2) is 0 Å². The molecule has 0 radical (unpaired) electrons. The standard InChI is InChI=1S/C17H25ClN2O2/c1-14(12-15-2-4-16(18)5-3-15)13-17(22)20-8-6-19(7-9-20)10-11-21/h2-5,14,21H,6-13H2,1H3. The van der Waals surface area contributed by atoms with Crippen LogP contribution in [0.3, 0.4) is 0 Å². The van der Waals surface area contributed by atoms with Gasteiger partial charge in [-0.15, -0.1) is 0 Å². The number of carbonyl (C=O) groups excluding carboxylic acids is 1. The van der Waals surface area contributed by atoms with Crippen LogP contribution in [-0.4, -0.2) is 60.1 Å². The lowest BCUT2D eigenvalue weighted by Crippen LogP contribution is -2.49. The summed E-state index contributed by atoms with van der Waals surface area (Å²) < 4.78 is 0. The number of hydrogen-bond donors (Lipinski definition) is 1. The Morgan fingerprint density at radius 1 is 1.23 bits per heavy atom. The molecule has 22 heavy (non-hydrogen) atoms. The highest BCUT2D eigenvalue weighted by Gasteiger charge is 2.22. The number of piperazine rings is 1. The minimum Gasteiger partial charge on any atom is -0.395 e. The third-order valence-electron chi connectivity index (χ3n) is 4.16. The molecule has 1 aliphatic heterocycles. The molecule has 1 N–H and O–H groups in total. The van der Waals surface area contributed by atoms with E-state index in [2.05, 4.69) is 11.8 Å². The fraction of sp³-hybridized carbons (Fsp3) is 0.588. The molecule has 1 fully saturated rings. The second-order valence-corrected chi connectivity index (χ2v) is 6.52. The molecule has 0 saturated carbocycles. The molecule has 1 aliphatic rings. The van der Waals surface area contributed by atoms with Gasteiger partial charge in [0.1, 0.15) is 0 Å². The highest BCUT2D eigenvalue weighted by Crippen LogP contribution is 2.16. The topological polar surface area (TPSA) is 43.8 Å². The summed E-state index contributed by atoms with van der Waals surface area (Å²) in [5, 5.41) is 9.68. The molecular formula is C17H25ClN2O2. The zero-order valence-corrected chi connectivity index (χ0v) is 13.9. The van der Waals surface area contributed by atoms with Crippen LogP contribution in [0.1, 0.15) is 18.9 Å². The summed E-state index contributed by atoms with van der Waals surface area (Å²) in [7, 11) is 0. The van der Waals surface area contributed by atoms with Crippen LogP contribution < -0.4 is 0 Å². The number of rotatable bonds is 6. The van der Waals surface area contributed by atoms with Crippen LogP contribution in [0.4, 0.5) is 0 Å². The Bertz CT molecular complexity index is 470. The van der Waals surface area contributed by atoms with Crippen molar-refractivity contribution in [2.45, 2.75) is 19.8 Å². The summed E-state index contributed by atoms with van der Waals surface area (Å²) in [5.74, 6) is 0.564. The van der Waals surface area contributed by atoms with Crippen LogP contribution in [0.5, 0.6) is 0 Å². The maximum atomic E-state index is 12.4. The molecule has 0 aliphatic carbocycles. The van der Waals surface area contributed by atoms with Crippen LogP contribution >= 0.6 is 11.6 Å². The van der Waals surface area contributed by atoms with E-state index in [1.807, 2.05) is 29.2 Å². The van der Waals surface area contributed by atoms with Crippen molar-refractivity contribution in [2.24, 2.45) is 5.92 Å². The maximum absolute atomic E-state index is 12.4. The first-order valence-electron chi connectivity index (χ1n) is 7.94. The fourth-order valence-corrected chi connectivity index (χ4v) is 3.01. The van der Waals surface area contributed by atoms with Crippen LogP contribution in [0.25, 0.3) is 0 Å². The number of aliphatic hydroxyl groups excluding tert-OH is 1. The van der Waals surface area contributed by atoms with Gasteiger partial charge in [-0.1, -0.05) is 30.7 Å². The Morgan fingerprint density at radius 3 is 2.45 bits per heavy atom. The van der Waals surface area contributed by atoms with Gasteiger partial charge in [0.05, 0.1) is 6.61 Å². The van der Waals surface area contributed by atoms with E-state index in [9.17, 15) is 4.79 Å². The Hall–Kier alpha value is -1.10. The minimum absolute atomic E-state index is 0.187. The third kappa shape index (κ3) is 5.27. The molecule has 1 aromatic carbocycles. The van der Waals surface area contributed by atoms with E-state index in [1.54, 1.807) is 0 Å². The number of nitrogens with zero attached hydrogens (tertiary/aromatic N) is 2. The number of carbonyl (C=O) groups is 1. The van der Waals surface area contributed by atoms with Gasteiger partial charge >= 0.3 is 0 Å². The molecule has 5 heteroatoms. The average molecular weight is 325 g/mol. The Balaban J connectivity index is 1.75. The first-order chi connectivity index (χ1) is 10.6. The lowest BCUT2D eigenvalue weighted by atomic mass is 9.97. The monoisotopic (exact) mass is 324 g/mol. The van der Waals surface area contributed by atoms with E-state index >= 15 is 0 Å². The quantitative estimate of drug-likeness (QED) is 0.871. The first kappa shape index (κ1) is 17.3. The van der Waals surface area contributed by atoms with E-state index in [0.29, 0.717) is 18.9 Å². The van der Waals surface area contributed by atoms with Crippen molar-refractivity contribution in [2.75, 3.05) is 39.3 Å². The molecule has 1 amide bonds. The zero-order valence-electron chi connectivity index (χ0n) is 13.2. The van der Waals surface area contributed by atoms with Crippen molar-refractivity contribution >= 4 is 17.5 Å². The lowest BCUT2D eigenvalue weighted by Gasteiger charge is -2.34. The zero-order chi connectivity index (χ0) is 15.9. The van der Waals surface area contributed by atoms with Crippen molar-refractivity contribution in [3.63, 3.8) is 0 Å². The van der Waals surface area contributed by atoms with Gasteiger partial charge in [0.2, 0.25) is 5.91 Å². The van der Waals surface area contributed by atoms with Gasteiger partial charge in [-0.2, -0.15) is 0 Å². The number of hydrogen-bond acceptors (Lipinski definition) is 3. The predicted octanol–water partition coefficient (Wildman–Crippen LogP) is 2.05. The molecule has 1 atom stereocenters. The minimum atomic E-state index is 0.187. The average Bonchev–Trinajstić information content (AvgIpc) is 2.50. The SMILES string of the molecule is CC(CC(=O)N1CCN(CCO)CC1)Cc1ccc(Cl)cc1. The number of β-amino-alcohol motifs (C(OH)–C–C–N with tert-alkyl or cyclic N) is 1. The van der Waals surface area contributed by atoms with Crippen molar-refractivity contribution in [3.8, 4) is 0 Å². The van der Waals surface area contributed by atoms with Gasteiger partial charge in [0, 0.05) is 44.2 Å². The Morgan fingerprint density at radius 2 is 1.86 bits per heavy atom. The van der Waals surface area contributed by atoms with Gasteiger partial charge in [0.25, 0.3) is 0 Å². The molecule has 122 valence electrons.